The molecule has 0 aliphatic rings. The molecule has 2 aromatic rings. The molecule has 0 radical (unpaired) electrons. The van der Waals surface area contributed by atoms with Crippen LogP contribution in [0.4, 0.5) is 0 Å². The molecule has 19 heavy (non-hydrogen) atoms. The molecule has 100 valence electrons. The number of rotatable bonds is 6. The second-order valence-electron chi connectivity index (χ2n) is 4.16. The summed E-state index contributed by atoms with van der Waals surface area (Å²) in [5.74, 6) is 1.49. The second kappa shape index (κ2) is 6.99. The Bertz CT molecular complexity index is 524. The highest BCUT2D eigenvalue weighted by molar-refractivity contribution is 8.00. The molecule has 2 rings (SSSR count). The number of aryl methyl sites for hydroxylation is 1. The minimum absolute atomic E-state index is 0.0584. The van der Waals surface area contributed by atoms with E-state index in [2.05, 4.69) is 10.3 Å². The molecule has 0 atom stereocenters. The van der Waals surface area contributed by atoms with Crippen LogP contribution in [0, 0.1) is 0 Å². The van der Waals surface area contributed by atoms with Crippen LogP contribution in [0.1, 0.15) is 5.82 Å². The fourth-order valence-electron chi connectivity index (χ4n) is 1.67. The highest BCUT2D eigenvalue weighted by atomic mass is 32.2. The third-order valence-corrected chi connectivity index (χ3v) is 3.72. The lowest BCUT2D eigenvalue weighted by molar-refractivity contribution is -0.118. The van der Waals surface area contributed by atoms with Crippen LogP contribution in [-0.2, 0) is 18.3 Å². The first-order valence-electron chi connectivity index (χ1n) is 6.16. The van der Waals surface area contributed by atoms with Gasteiger partial charge in [-0.2, -0.15) is 0 Å². The van der Waals surface area contributed by atoms with Crippen LogP contribution in [0.3, 0.4) is 0 Å². The van der Waals surface area contributed by atoms with Crippen molar-refractivity contribution in [1.82, 2.24) is 14.9 Å². The molecular weight excluding hydrogens is 258 g/mol. The van der Waals surface area contributed by atoms with E-state index in [9.17, 15) is 4.79 Å². The number of hydrogen-bond donors (Lipinski definition) is 1. The predicted molar refractivity (Wildman–Crippen MR) is 77.1 cm³/mol. The average molecular weight is 275 g/mol. The molecular formula is C14H17N3OS. The maximum absolute atomic E-state index is 11.7. The SMILES string of the molecule is Cn1ccnc1CCNC(=O)CSc1ccccc1. The largest absolute Gasteiger partial charge is 0.355 e. The van der Waals surface area contributed by atoms with Gasteiger partial charge < -0.3 is 9.88 Å². The Hall–Kier alpha value is -1.75. The molecule has 1 N–H and O–H groups in total. The maximum atomic E-state index is 11.7. The van der Waals surface area contributed by atoms with Gasteiger partial charge in [-0.3, -0.25) is 4.79 Å². The van der Waals surface area contributed by atoms with Crippen molar-refractivity contribution in [2.75, 3.05) is 12.3 Å². The summed E-state index contributed by atoms with van der Waals surface area (Å²) in [5.41, 5.74) is 0. The van der Waals surface area contributed by atoms with Gasteiger partial charge in [0.25, 0.3) is 0 Å². The number of carbonyl (C=O) groups is 1. The number of carbonyl (C=O) groups excluding carboxylic acids is 1. The zero-order valence-electron chi connectivity index (χ0n) is 10.9. The Morgan fingerprint density at radius 3 is 2.84 bits per heavy atom. The summed E-state index contributed by atoms with van der Waals surface area (Å²) in [7, 11) is 1.95. The van der Waals surface area contributed by atoms with Crippen molar-refractivity contribution in [3.8, 4) is 0 Å². The molecule has 0 spiro atoms. The number of thioether (sulfide) groups is 1. The summed E-state index contributed by atoms with van der Waals surface area (Å²) >= 11 is 1.55. The molecule has 4 nitrogen and oxygen atoms in total. The van der Waals surface area contributed by atoms with Crippen LogP contribution in [0.2, 0.25) is 0 Å². The van der Waals surface area contributed by atoms with Crippen LogP contribution in [0.15, 0.2) is 47.6 Å². The van der Waals surface area contributed by atoms with Gasteiger partial charge in [-0.1, -0.05) is 18.2 Å². The van der Waals surface area contributed by atoms with E-state index in [1.165, 1.54) is 0 Å². The number of nitrogens with one attached hydrogen (secondary N) is 1. The Morgan fingerprint density at radius 2 is 2.16 bits per heavy atom. The summed E-state index contributed by atoms with van der Waals surface area (Å²) in [4.78, 5) is 17.0. The van der Waals surface area contributed by atoms with E-state index in [1.54, 1.807) is 18.0 Å². The number of hydrogen-bond acceptors (Lipinski definition) is 3. The van der Waals surface area contributed by atoms with Crippen molar-refractivity contribution in [3.05, 3.63) is 48.5 Å². The average Bonchev–Trinajstić information content (AvgIpc) is 2.83. The van der Waals surface area contributed by atoms with Gasteiger partial charge >= 0.3 is 0 Å². The van der Waals surface area contributed by atoms with E-state index >= 15 is 0 Å². The van der Waals surface area contributed by atoms with E-state index in [-0.39, 0.29) is 5.91 Å². The van der Waals surface area contributed by atoms with Gasteiger partial charge in [0.05, 0.1) is 5.75 Å². The second-order valence-corrected chi connectivity index (χ2v) is 5.20. The molecule has 0 aliphatic heterocycles. The maximum Gasteiger partial charge on any atom is 0.230 e. The Morgan fingerprint density at radius 1 is 1.37 bits per heavy atom. The minimum Gasteiger partial charge on any atom is -0.355 e. The van der Waals surface area contributed by atoms with E-state index in [0.717, 1.165) is 17.1 Å². The molecule has 0 fully saturated rings. The fraction of sp³-hybridized carbons (Fsp3) is 0.286. The van der Waals surface area contributed by atoms with Crippen LogP contribution in [-0.4, -0.2) is 27.8 Å². The molecule has 0 saturated carbocycles. The first kappa shape index (κ1) is 13.7. The van der Waals surface area contributed by atoms with Gasteiger partial charge in [-0.25, -0.2) is 4.98 Å². The van der Waals surface area contributed by atoms with E-state index in [0.29, 0.717) is 12.3 Å². The molecule has 1 aromatic heterocycles. The molecule has 0 unspecified atom stereocenters. The number of amides is 1. The van der Waals surface area contributed by atoms with Crippen molar-refractivity contribution < 1.29 is 4.79 Å². The Balaban J connectivity index is 1.66. The molecule has 1 amide bonds. The molecule has 0 aliphatic carbocycles. The summed E-state index contributed by atoms with van der Waals surface area (Å²) in [6, 6.07) is 9.93. The summed E-state index contributed by atoms with van der Waals surface area (Å²) in [6.07, 6.45) is 4.43. The third-order valence-electron chi connectivity index (χ3n) is 2.70. The molecule has 5 heteroatoms. The van der Waals surface area contributed by atoms with Gasteiger partial charge in [0, 0.05) is 37.3 Å². The van der Waals surface area contributed by atoms with E-state index < -0.39 is 0 Å². The van der Waals surface area contributed by atoms with Crippen molar-refractivity contribution in [3.63, 3.8) is 0 Å². The minimum atomic E-state index is 0.0584. The van der Waals surface area contributed by atoms with Crippen molar-refractivity contribution in [2.24, 2.45) is 7.05 Å². The van der Waals surface area contributed by atoms with Crippen LogP contribution in [0.5, 0.6) is 0 Å². The monoisotopic (exact) mass is 275 g/mol. The topological polar surface area (TPSA) is 46.9 Å². The highest BCUT2D eigenvalue weighted by Gasteiger charge is 2.03. The van der Waals surface area contributed by atoms with E-state index in [1.807, 2.05) is 48.1 Å². The zero-order chi connectivity index (χ0) is 13.5. The Kier molecular flexibility index (Phi) is 5.03. The first-order chi connectivity index (χ1) is 9.25. The molecule has 1 aromatic carbocycles. The number of aromatic nitrogens is 2. The van der Waals surface area contributed by atoms with Crippen LogP contribution >= 0.6 is 11.8 Å². The molecule has 0 bridgehead atoms. The fourth-order valence-corrected chi connectivity index (χ4v) is 2.42. The first-order valence-corrected chi connectivity index (χ1v) is 7.15. The number of nitrogens with zero attached hydrogens (tertiary/aromatic N) is 2. The van der Waals surface area contributed by atoms with Crippen molar-refractivity contribution >= 4 is 17.7 Å². The summed E-state index contributed by atoms with van der Waals surface area (Å²) < 4.78 is 1.96. The molecule has 1 heterocycles. The lowest BCUT2D eigenvalue weighted by Gasteiger charge is -2.05. The van der Waals surface area contributed by atoms with Crippen LogP contribution in [0.25, 0.3) is 0 Å². The smallest absolute Gasteiger partial charge is 0.230 e. The number of imidazole rings is 1. The predicted octanol–water partition coefficient (Wildman–Crippen LogP) is 1.87. The van der Waals surface area contributed by atoms with Gasteiger partial charge in [-0.05, 0) is 12.1 Å². The lowest BCUT2D eigenvalue weighted by Crippen LogP contribution is -2.27. The van der Waals surface area contributed by atoms with Crippen molar-refractivity contribution in [2.45, 2.75) is 11.3 Å². The third kappa shape index (κ3) is 4.44. The quantitative estimate of drug-likeness (QED) is 0.819. The standard InChI is InChI=1S/C14H17N3OS/c1-17-10-9-15-13(17)7-8-16-14(18)11-19-12-5-3-2-4-6-12/h2-6,9-10H,7-8,11H2,1H3,(H,16,18). The molecule has 0 saturated heterocycles. The van der Waals surface area contributed by atoms with E-state index in [4.69, 9.17) is 0 Å². The highest BCUT2D eigenvalue weighted by Crippen LogP contribution is 2.16. The zero-order valence-corrected chi connectivity index (χ0v) is 11.7. The Labute approximate surface area is 117 Å². The number of benzene rings is 1. The van der Waals surface area contributed by atoms with Gasteiger partial charge in [0.2, 0.25) is 5.91 Å². The van der Waals surface area contributed by atoms with Gasteiger partial charge in [0.15, 0.2) is 0 Å². The van der Waals surface area contributed by atoms with Crippen LogP contribution < -0.4 is 5.32 Å². The summed E-state index contributed by atoms with van der Waals surface area (Å²) in [6.45, 7) is 0.624. The lowest BCUT2D eigenvalue weighted by atomic mass is 10.4. The normalized spacial score (nSPS) is 10.4. The van der Waals surface area contributed by atoms with Gasteiger partial charge in [0.1, 0.15) is 5.82 Å². The van der Waals surface area contributed by atoms with Gasteiger partial charge in [-0.15, -0.1) is 11.8 Å². The van der Waals surface area contributed by atoms with Crippen molar-refractivity contribution in [1.29, 1.82) is 0 Å². The summed E-state index contributed by atoms with van der Waals surface area (Å²) in [5, 5.41) is 2.91.